The maximum Gasteiger partial charge on any atom is 0.261 e. The molecular weight excluding hydrogens is 552 g/mol. The molecule has 6 rings (SSSR count). The summed E-state index contributed by atoms with van der Waals surface area (Å²) in [5.41, 5.74) is 2.95. The molecule has 0 radical (unpaired) electrons. The summed E-state index contributed by atoms with van der Waals surface area (Å²) >= 11 is 0. The predicted molar refractivity (Wildman–Crippen MR) is 160 cm³/mol. The van der Waals surface area contributed by atoms with Crippen molar-refractivity contribution >= 4 is 42.4 Å². The zero-order valence-corrected chi connectivity index (χ0v) is 24.9. The second-order valence-corrected chi connectivity index (χ2v) is 15.9. The van der Waals surface area contributed by atoms with Crippen molar-refractivity contribution in [2.45, 2.75) is 63.1 Å². The minimum atomic E-state index is -2.80. The lowest BCUT2D eigenvalue weighted by Crippen LogP contribution is -2.43. The summed E-state index contributed by atoms with van der Waals surface area (Å²) in [5, 5.41) is 24.4. The van der Waals surface area contributed by atoms with Crippen LogP contribution in [-0.4, -0.2) is 62.7 Å². The number of para-hydroxylation sites is 1. The first-order valence-corrected chi connectivity index (χ1v) is 17.3. The third kappa shape index (κ3) is 4.94. The number of aromatic nitrogens is 4. The van der Waals surface area contributed by atoms with Gasteiger partial charge in [0.25, 0.3) is 5.91 Å². The molecule has 220 valence electrons. The topological polar surface area (TPSA) is 154 Å². The van der Waals surface area contributed by atoms with Crippen molar-refractivity contribution < 1.29 is 24.2 Å². The van der Waals surface area contributed by atoms with E-state index in [1.807, 2.05) is 56.5 Å². The molecule has 1 fully saturated rings. The Balaban J connectivity index is 1.25. The van der Waals surface area contributed by atoms with Crippen LogP contribution in [0.2, 0.25) is 18.6 Å². The first kappa shape index (κ1) is 28.3. The Morgan fingerprint density at radius 1 is 1.24 bits per heavy atom. The smallest absolute Gasteiger partial charge is 0.261 e. The van der Waals surface area contributed by atoms with Gasteiger partial charge in [-0.2, -0.15) is 0 Å². The Kier molecular flexibility index (Phi) is 7.25. The molecule has 2 amide bonds. The van der Waals surface area contributed by atoms with Gasteiger partial charge in [0.1, 0.15) is 0 Å². The summed E-state index contributed by atoms with van der Waals surface area (Å²) in [4.78, 5) is 41.3. The fourth-order valence-electron chi connectivity index (χ4n) is 6.84. The maximum atomic E-state index is 13.7. The Labute approximate surface area is 244 Å². The van der Waals surface area contributed by atoms with Crippen LogP contribution in [0.5, 0.6) is 0 Å². The summed E-state index contributed by atoms with van der Waals surface area (Å²) in [6, 6.07) is 13.2. The van der Waals surface area contributed by atoms with Gasteiger partial charge in [0.15, 0.2) is 13.9 Å². The number of amides is 2. The van der Waals surface area contributed by atoms with Crippen LogP contribution in [0.4, 0.5) is 11.4 Å². The van der Waals surface area contributed by atoms with Crippen LogP contribution >= 0.6 is 0 Å². The number of benzene rings is 2. The largest absolute Gasteiger partial charge is 0.432 e. The molecule has 0 bridgehead atoms. The molecule has 11 nitrogen and oxygen atoms in total. The van der Waals surface area contributed by atoms with Gasteiger partial charge in [0, 0.05) is 71.3 Å². The molecule has 2 aromatic heterocycles. The molecule has 5 N–H and O–H groups in total. The van der Waals surface area contributed by atoms with Crippen LogP contribution in [0.25, 0.3) is 10.9 Å². The molecule has 0 unspecified atom stereocenters. The van der Waals surface area contributed by atoms with E-state index in [1.54, 1.807) is 23.0 Å². The average molecular weight is 589 g/mol. The molecule has 0 aliphatic carbocycles. The number of carbonyl (C=O) groups is 2. The van der Waals surface area contributed by atoms with E-state index >= 15 is 0 Å². The summed E-state index contributed by atoms with van der Waals surface area (Å²) in [5.74, 6) is -0.739. The van der Waals surface area contributed by atoms with Gasteiger partial charge in [-0.05, 0) is 49.3 Å². The summed E-state index contributed by atoms with van der Waals surface area (Å²) < 4.78 is 8.42. The Morgan fingerprint density at radius 3 is 2.83 bits per heavy atom. The van der Waals surface area contributed by atoms with E-state index < -0.39 is 20.0 Å². The van der Waals surface area contributed by atoms with Crippen molar-refractivity contribution in [2.24, 2.45) is 5.92 Å². The lowest BCUT2D eigenvalue weighted by atomic mass is 9.82. The molecular formula is C30H36N6O5Si. The summed E-state index contributed by atoms with van der Waals surface area (Å²) in [7, 11) is -2.80. The Morgan fingerprint density at radius 2 is 2.05 bits per heavy atom. The number of carbonyl (C=O) groups excluding carboxylic acids is 2. The van der Waals surface area contributed by atoms with Crippen LogP contribution in [0, 0.1) is 5.92 Å². The highest BCUT2D eigenvalue weighted by atomic mass is 28.4. The second kappa shape index (κ2) is 10.8. The molecule has 4 aromatic rings. The molecule has 2 aromatic carbocycles. The standard InChI is InChI=1S/C30H36N6O5Si/c1-18-28(42(2,3)40)26(10-12-36-17-21(11-13-37)34-35-36)41-30(18)23-15-20(8-9-25(23)33-29(30)39)32-27(38)14-19-16-31-24-7-5-4-6-22(19)24/h4-9,15-18,26,28,31,37,40H,10-14H2,1-3H3,(H,32,38)(H,33,39)/t18-,26+,28-,30+/m0/s1. The number of aromatic amines is 1. The monoisotopic (exact) mass is 588 g/mol. The number of aliphatic hydroxyl groups excluding tert-OH is 1. The molecule has 4 heterocycles. The van der Waals surface area contributed by atoms with Crippen molar-refractivity contribution in [3.8, 4) is 0 Å². The van der Waals surface area contributed by atoms with Crippen LogP contribution in [0.3, 0.4) is 0 Å². The van der Waals surface area contributed by atoms with Gasteiger partial charge in [-0.1, -0.05) is 30.3 Å². The average Bonchev–Trinajstić information content (AvgIpc) is 3.69. The van der Waals surface area contributed by atoms with E-state index in [9.17, 15) is 19.5 Å². The fourth-order valence-corrected chi connectivity index (χ4v) is 9.44. The maximum absolute atomic E-state index is 13.7. The van der Waals surface area contributed by atoms with Crippen molar-refractivity contribution in [1.82, 2.24) is 20.0 Å². The number of aliphatic hydroxyl groups is 1. The number of nitrogens with zero attached hydrogens (tertiary/aromatic N) is 3. The first-order valence-electron chi connectivity index (χ1n) is 14.3. The number of H-pyrrole nitrogens is 1. The molecule has 4 atom stereocenters. The summed E-state index contributed by atoms with van der Waals surface area (Å²) in [6.07, 6.45) is 4.41. The highest BCUT2D eigenvalue weighted by Crippen LogP contribution is 2.58. The van der Waals surface area contributed by atoms with Gasteiger partial charge < -0.3 is 30.3 Å². The van der Waals surface area contributed by atoms with Gasteiger partial charge in [0.05, 0.1) is 18.2 Å². The van der Waals surface area contributed by atoms with Gasteiger partial charge >= 0.3 is 0 Å². The Bertz CT molecular complexity index is 1640. The molecule has 1 saturated heterocycles. The molecule has 0 saturated carbocycles. The van der Waals surface area contributed by atoms with E-state index in [0.717, 1.165) is 16.5 Å². The number of ether oxygens (including phenoxy) is 1. The lowest BCUT2D eigenvalue weighted by molar-refractivity contribution is -0.143. The number of fused-ring (bicyclic) bond motifs is 3. The zero-order valence-electron chi connectivity index (χ0n) is 23.9. The molecule has 2 aliphatic heterocycles. The normalized spacial score (nSPS) is 23.5. The van der Waals surface area contributed by atoms with Crippen LogP contribution < -0.4 is 10.6 Å². The van der Waals surface area contributed by atoms with E-state index in [2.05, 4.69) is 25.9 Å². The number of anilines is 2. The third-order valence-electron chi connectivity index (χ3n) is 8.65. The lowest BCUT2D eigenvalue weighted by Gasteiger charge is -2.32. The number of aryl methyl sites for hydroxylation is 1. The second-order valence-electron chi connectivity index (χ2n) is 11.9. The molecule has 2 aliphatic rings. The number of hydrogen-bond acceptors (Lipinski definition) is 7. The summed E-state index contributed by atoms with van der Waals surface area (Å²) in [6.45, 7) is 6.23. The van der Waals surface area contributed by atoms with Gasteiger partial charge in [-0.25, -0.2) is 0 Å². The van der Waals surface area contributed by atoms with E-state index in [1.165, 1.54) is 0 Å². The number of rotatable bonds is 9. The van der Waals surface area contributed by atoms with Crippen molar-refractivity contribution in [3.63, 3.8) is 0 Å². The SMILES string of the molecule is C[C@H]1[C@H]([Si](C)(C)O)[C@@H](CCn2cc(CCO)nn2)O[C@]12C(=O)Nc1ccc(NC(=O)Cc3c[nH]c4ccccc34)cc12. The van der Waals surface area contributed by atoms with Crippen molar-refractivity contribution in [2.75, 3.05) is 17.2 Å². The van der Waals surface area contributed by atoms with Crippen LogP contribution in [0.1, 0.15) is 30.2 Å². The zero-order chi connectivity index (χ0) is 29.6. The first-order chi connectivity index (χ1) is 20.1. The highest BCUT2D eigenvalue weighted by Gasteiger charge is 2.64. The molecule has 12 heteroatoms. The molecule has 42 heavy (non-hydrogen) atoms. The van der Waals surface area contributed by atoms with E-state index in [0.29, 0.717) is 42.0 Å². The molecule has 1 spiro atoms. The van der Waals surface area contributed by atoms with E-state index in [4.69, 9.17) is 4.74 Å². The van der Waals surface area contributed by atoms with Gasteiger partial charge in [0.2, 0.25) is 5.91 Å². The minimum Gasteiger partial charge on any atom is -0.432 e. The van der Waals surface area contributed by atoms with Crippen molar-refractivity contribution in [3.05, 3.63) is 71.7 Å². The quantitative estimate of drug-likeness (QED) is 0.188. The Hall–Kier alpha value is -3.84. The third-order valence-corrected chi connectivity index (χ3v) is 11.1. The number of nitrogens with one attached hydrogen (secondary N) is 3. The van der Waals surface area contributed by atoms with Crippen molar-refractivity contribution in [1.29, 1.82) is 0 Å². The van der Waals surface area contributed by atoms with Gasteiger partial charge in [-0.15, -0.1) is 5.10 Å². The van der Waals surface area contributed by atoms with Gasteiger partial charge in [-0.3, -0.25) is 14.3 Å². The van der Waals surface area contributed by atoms with E-state index in [-0.39, 0.29) is 36.3 Å². The number of hydrogen-bond donors (Lipinski definition) is 5. The van der Waals surface area contributed by atoms with Crippen LogP contribution in [0.15, 0.2) is 54.9 Å². The minimum absolute atomic E-state index is 0.00314. The fraction of sp³-hybridized carbons (Fsp3) is 0.400. The predicted octanol–water partition coefficient (Wildman–Crippen LogP) is 3.32. The van der Waals surface area contributed by atoms with Crippen LogP contribution in [-0.2, 0) is 39.3 Å². The highest BCUT2D eigenvalue weighted by molar-refractivity contribution is 6.71.